The van der Waals surface area contributed by atoms with Gasteiger partial charge in [-0.25, -0.2) is 9.97 Å². The summed E-state index contributed by atoms with van der Waals surface area (Å²) in [5.74, 6) is 0.764. The molecule has 0 spiro atoms. The van der Waals surface area contributed by atoms with Crippen molar-refractivity contribution in [2.24, 2.45) is 5.73 Å². The highest BCUT2D eigenvalue weighted by Gasteiger charge is 2.05. The van der Waals surface area contributed by atoms with Crippen LogP contribution in [0.2, 0.25) is 0 Å². The fourth-order valence-corrected chi connectivity index (χ4v) is 1.47. The summed E-state index contributed by atoms with van der Waals surface area (Å²) in [6, 6.07) is 0.149. The number of nitrogens with zero attached hydrogens (tertiary/aromatic N) is 4. The molecule has 0 aliphatic rings. The fourth-order valence-electron chi connectivity index (χ4n) is 1.47. The molecule has 5 nitrogen and oxygen atoms in total. The largest absolute Gasteiger partial charge is 0.343 e. The van der Waals surface area contributed by atoms with Crippen LogP contribution < -0.4 is 10.6 Å². The summed E-state index contributed by atoms with van der Waals surface area (Å²) in [4.78, 5) is 12.9. The zero-order valence-electron chi connectivity index (χ0n) is 11.2. The smallest absolute Gasteiger partial charge is 0.225 e. The molecule has 0 aromatic carbocycles. The van der Waals surface area contributed by atoms with E-state index in [1.165, 1.54) is 0 Å². The number of nitrogens with two attached hydrogens (primary N) is 1. The second kappa shape index (κ2) is 6.51. The van der Waals surface area contributed by atoms with Crippen LogP contribution in [0.5, 0.6) is 0 Å². The van der Waals surface area contributed by atoms with Crippen LogP contribution in [-0.2, 0) is 6.42 Å². The van der Waals surface area contributed by atoms with Crippen molar-refractivity contribution in [3.63, 3.8) is 0 Å². The van der Waals surface area contributed by atoms with E-state index in [-0.39, 0.29) is 6.04 Å². The van der Waals surface area contributed by atoms with Crippen LogP contribution in [-0.4, -0.2) is 55.1 Å². The van der Waals surface area contributed by atoms with Crippen molar-refractivity contribution in [2.45, 2.75) is 19.4 Å². The molecule has 0 amide bonds. The van der Waals surface area contributed by atoms with Gasteiger partial charge in [-0.1, -0.05) is 0 Å². The van der Waals surface area contributed by atoms with E-state index in [0.717, 1.165) is 31.0 Å². The Labute approximate surface area is 104 Å². The molecule has 0 saturated carbocycles. The molecule has 1 atom stereocenters. The van der Waals surface area contributed by atoms with Crippen LogP contribution in [0.3, 0.4) is 0 Å². The molecule has 1 rings (SSSR count). The fraction of sp³-hybridized carbons (Fsp3) is 0.667. The lowest BCUT2D eigenvalue weighted by Gasteiger charge is -2.19. The third-order valence-electron chi connectivity index (χ3n) is 2.47. The van der Waals surface area contributed by atoms with Gasteiger partial charge in [-0.3, -0.25) is 0 Å². The number of likely N-dealkylation sites (N-methyl/N-ethyl adjacent to an activating group) is 2. The summed E-state index contributed by atoms with van der Waals surface area (Å²) < 4.78 is 0. The molecule has 1 aromatic heterocycles. The minimum atomic E-state index is 0.149. The molecule has 0 bridgehead atoms. The van der Waals surface area contributed by atoms with E-state index in [9.17, 15) is 0 Å². The summed E-state index contributed by atoms with van der Waals surface area (Å²) in [7, 11) is 6.12. The molecular weight excluding hydrogens is 214 g/mol. The van der Waals surface area contributed by atoms with E-state index in [4.69, 9.17) is 5.73 Å². The SMILES string of the molecule is CC(N)Cc1cnc(N(C)CCN(C)C)nc1. The highest BCUT2D eigenvalue weighted by atomic mass is 15.2. The third-order valence-corrected chi connectivity index (χ3v) is 2.47. The molecule has 0 aliphatic heterocycles. The van der Waals surface area contributed by atoms with E-state index in [0.29, 0.717) is 0 Å². The number of hydrogen-bond acceptors (Lipinski definition) is 5. The summed E-state index contributed by atoms with van der Waals surface area (Å²) in [6.45, 7) is 3.89. The van der Waals surface area contributed by atoms with Crippen LogP contribution in [0.1, 0.15) is 12.5 Å². The van der Waals surface area contributed by atoms with Crippen LogP contribution in [0.4, 0.5) is 5.95 Å². The standard InChI is InChI=1S/C12H23N5/c1-10(13)7-11-8-14-12(15-9-11)17(4)6-5-16(2)3/h8-10H,5-7,13H2,1-4H3. The highest BCUT2D eigenvalue weighted by Crippen LogP contribution is 2.06. The minimum absolute atomic E-state index is 0.149. The van der Waals surface area contributed by atoms with Crippen LogP contribution in [0.15, 0.2) is 12.4 Å². The van der Waals surface area contributed by atoms with Gasteiger partial charge in [0.1, 0.15) is 0 Å². The Hall–Kier alpha value is -1.20. The van der Waals surface area contributed by atoms with Crippen molar-refractivity contribution >= 4 is 5.95 Å². The van der Waals surface area contributed by atoms with E-state index < -0.39 is 0 Å². The number of rotatable bonds is 6. The van der Waals surface area contributed by atoms with Gasteiger partial charge in [0.25, 0.3) is 0 Å². The topological polar surface area (TPSA) is 58.3 Å². The first kappa shape index (κ1) is 13.9. The third kappa shape index (κ3) is 5.10. The van der Waals surface area contributed by atoms with E-state index in [2.05, 4.69) is 33.9 Å². The van der Waals surface area contributed by atoms with Gasteiger partial charge in [0.05, 0.1) is 0 Å². The van der Waals surface area contributed by atoms with Gasteiger partial charge in [-0.05, 0) is 33.0 Å². The lowest BCUT2D eigenvalue weighted by Crippen LogP contribution is -2.29. The Morgan fingerprint density at radius 3 is 2.24 bits per heavy atom. The lowest BCUT2D eigenvalue weighted by molar-refractivity contribution is 0.415. The summed E-state index contributed by atoms with van der Waals surface area (Å²) in [5.41, 5.74) is 6.82. The maximum absolute atomic E-state index is 5.73. The number of anilines is 1. The van der Waals surface area contributed by atoms with Gasteiger partial charge < -0.3 is 15.5 Å². The molecule has 2 N–H and O–H groups in total. The van der Waals surface area contributed by atoms with Gasteiger partial charge in [0.15, 0.2) is 0 Å². The van der Waals surface area contributed by atoms with Gasteiger partial charge >= 0.3 is 0 Å². The first-order valence-corrected chi connectivity index (χ1v) is 5.91. The second-order valence-corrected chi connectivity index (χ2v) is 4.80. The summed E-state index contributed by atoms with van der Waals surface area (Å²) >= 11 is 0. The molecule has 1 unspecified atom stereocenters. The summed E-state index contributed by atoms with van der Waals surface area (Å²) in [6.07, 6.45) is 4.54. The quantitative estimate of drug-likeness (QED) is 0.774. The molecule has 0 saturated heterocycles. The molecule has 1 heterocycles. The van der Waals surface area contributed by atoms with Crippen molar-refractivity contribution in [3.8, 4) is 0 Å². The molecular formula is C12H23N5. The van der Waals surface area contributed by atoms with Crippen molar-refractivity contribution in [3.05, 3.63) is 18.0 Å². The molecule has 96 valence electrons. The van der Waals surface area contributed by atoms with Crippen molar-refractivity contribution in [2.75, 3.05) is 39.1 Å². The number of aromatic nitrogens is 2. The second-order valence-electron chi connectivity index (χ2n) is 4.80. The van der Waals surface area contributed by atoms with E-state index >= 15 is 0 Å². The van der Waals surface area contributed by atoms with E-state index in [1.807, 2.05) is 26.4 Å². The van der Waals surface area contributed by atoms with Gasteiger partial charge in [0, 0.05) is 38.6 Å². The Kier molecular flexibility index (Phi) is 5.31. The van der Waals surface area contributed by atoms with Crippen LogP contribution in [0, 0.1) is 0 Å². The average Bonchev–Trinajstić information content (AvgIpc) is 2.26. The van der Waals surface area contributed by atoms with Crippen molar-refractivity contribution < 1.29 is 0 Å². The molecule has 5 heteroatoms. The van der Waals surface area contributed by atoms with Crippen LogP contribution >= 0.6 is 0 Å². The molecule has 0 radical (unpaired) electrons. The zero-order valence-corrected chi connectivity index (χ0v) is 11.2. The Morgan fingerprint density at radius 2 is 1.76 bits per heavy atom. The monoisotopic (exact) mass is 237 g/mol. The molecule has 1 aromatic rings. The maximum Gasteiger partial charge on any atom is 0.225 e. The lowest BCUT2D eigenvalue weighted by atomic mass is 10.1. The number of hydrogen-bond donors (Lipinski definition) is 1. The average molecular weight is 237 g/mol. The Balaban J connectivity index is 2.54. The normalized spacial score (nSPS) is 12.8. The summed E-state index contributed by atoms with van der Waals surface area (Å²) in [5, 5.41) is 0. The Morgan fingerprint density at radius 1 is 1.18 bits per heavy atom. The zero-order chi connectivity index (χ0) is 12.8. The molecule has 0 fully saturated rings. The van der Waals surface area contributed by atoms with Crippen molar-refractivity contribution in [1.29, 1.82) is 0 Å². The van der Waals surface area contributed by atoms with Crippen molar-refractivity contribution in [1.82, 2.24) is 14.9 Å². The maximum atomic E-state index is 5.73. The minimum Gasteiger partial charge on any atom is -0.343 e. The predicted octanol–water partition coefficient (Wildman–Crippen LogP) is 0.364. The molecule has 0 aliphatic carbocycles. The molecule has 17 heavy (non-hydrogen) atoms. The van der Waals surface area contributed by atoms with Gasteiger partial charge in [-0.2, -0.15) is 0 Å². The van der Waals surface area contributed by atoms with Gasteiger partial charge in [-0.15, -0.1) is 0 Å². The van der Waals surface area contributed by atoms with Crippen LogP contribution in [0.25, 0.3) is 0 Å². The van der Waals surface area contributed by atoms with Gasteiger partial charge in [0.2, 0.25) is 5.95 Å². The first-order chi connectivity index (χ1) is 7.99. The highest BCUT2D eigenvalue weighted by molar-refractivity contribution is 5.28. The predicted molar refractivity (Wildman–Crippen MR) is 71.2 cm³/mol. The first-order valence-electron chi connectivity index (χ1n) is 5.91. The van der Waals surface area contributed by atoms with E-state index in [1.54, 1.807) is 0 Å². The Bertz CT molecular complexity index is 320.